The van der Waals surface area contributed by atoms with Crippen LogP contribution >= 0.6 is 0 Å². The number of nitrogens with zero attached hydrogens (tertiary/aromatic N) is 1. The highest BCUT2D eigenvalue weighted by atomic mass is 19.2. The van der Waals surface area contributed by atoms with Crippen LogP contribution in [0.15, 0.2) is 18.2 Å². The number of rotatable bonds is 4. The van der Waals surface area contributed by atoms with Crippen LogP contribution < -0.4 is 5.32 Å². The molecule has 0 aliphatic carbocycles. The number of nitrogens with one attached hydrogen (secondary N) is 1. The normalized spacial score (nSPS) is 24.3. The molecule has 2 atom stereocenters. The molecule has 112 valence electrons. The Labute approximate surface area is 120 Å². The fourth-order valence-electron chi connectivity index (χ4n) is 2.81. The van der Waals surface area contributed by atoms with Crippen molar-refractivity contribution in [3.8, 4) is 0 Å². The molecule has 4 heteroatoms. The second kappa shape index (κ2) is 6.64. The van der Waals surface area contributed by atoms with E-state index in [4.69, 9.17) is 0 Å². The van der Waals surface area contributed by atoms with Crippen LogP contribution in [0, 0.1) is 17.6 Å². The zero-order valence-corrected chi connectivity index (χ0v) is 12.5. The van der Waals surface area contributed by atoms with Crippen molar-refractivity contribution in [3.05, 3.63) is 35.4 Å². The van der Waals surface area contributed by atoms with Gasteiger partial charge in [0, 0.05) is 31.7 Å². The summed E-state index contributed by atoms with van der Waals surface area (Å²) in [6.45, 7) is 9.19. The van der Waals surface area contributed by atoms with E-state index in [0.29, 0.717) is 24.5 Å². The second-order valence-electron chi connectivity index (χ2n) is 6.26. The van der Waals surface area contributed by atoms with E-state index < -0.39 is 11.6 Å². The van der Waals surface area contributed by atoms with Gasteiger partial charge in [0.05, 0.1) is 0 Å². The molecule has 1 aliphatic heterocycles. The van der Waals surface area contributed by atoms with E-state index in [-0.39, 0.29) is 0 Å². The number of hydrogen-bond acceptors (Lipinski definition) is 2. The van der Waals surface area contributed by atoms with Crippen LogP contribution in [-0.4, -0.2) is 30.1 Å². The third-order valence-corrected chi connectivity index (χ3v) is 3.91. The number of benzene rings is 1. The maximum Gasteiger partial charge on any atom is 0.159 e. The van der Waals surface area contributed by atoms with Crippen molar-refractivity contribution in [1.29, 1.82) is 0 Å². The largest absolute Gasteiger partial charge is 0.311 e. The zero-order valence-electron chi connectivity index (χ0n) is 12.5. The third kappa shape index (κ3) is 4.00. The summed E-state index contributed by atoms with van der Waals surface area (Å²) in [5.74, 6) is -0.880. The van der Waals surface area contributed by atoms with Gasteiger partial charge in [0.2, 0.25) is 0 Å². The van der Waals surface area contributed by atoms with Crippen molar-refractivity contribution in [2.24, 2.45) is 5.92 Å². The quantitative estimate of drug-likeness (QED) is 0.912. The smallest absolute Gasteiger partial charge is 0.159 e. The summed E-state index contributed by atoms with van der Waals surface area (Å²) in [4.78, 5) is 2.34. The fraction of sp³-hybridized carbons (Fsp3) is 0.625. The lowest BCUT2D eigenvalue weighted by Crippen LogP contribution is -2.55. The van der Waals surface area contributed by atoms with Crippen molar-refractivity contribution < 1.29 is 8.78 Å². The Hall–Kier alpha value is -1.00. The van der Waals surface area contributed by atoms with Gasteiger partial charge in [-0.05, 0) is 37.0 Å². The number of halogens is 2. The van der Waals surface area contributed by atoms with Crippen LogP contribution in [0.25, 0.3) is 0 Å². The molecule has 1 aromatic carbocycles. The first-order valence-corrected chi connectivity index (χ1v) is 7.37. The lowest BCUT2D eigenvalue weighted by atomic mass is 9.99. The molecule has 20 heavy (non-hydrogen) atoms. The molecule has 0 amide bonds. The summed E-state index contributed by atoms with van der Waals surface area (Å²) in [6.07, 6.45) is 1.14. The minimum atomic E-state index is -0.778. The van der Waals surface area contributed by atoms with E-state index in [2.05, 4.69) is 31.0 Å². The van der Waals surface area contributed by atoms with Crippen molar-refractivity contribution >= 4 is 0 Å². The Bertz CT molecular complexity index is 448. The highest BCUT2D eigenvalue weighted by Crippen LogP contribution is 2.17. The Balaban J connectivity index is 2.00. The molecular weight excluding hydrogens is 258 g/mol. The van der Waals surface area contributed by atoms with Gasteiger partial charge in [-0.3, -0.25) is 4.90 Å². The van der Waals surface area contributed by atoms with Crippen molar-refractivity contribution in [1.82, 2.24) is 10.2 Å². The van der Waals surface area contributed by atoms with Gasteiger partial charge in [-0.25, -0.2) is 8.78 Å². The molecule has 1 heterocycles. The van der Waals surface area contributed by atoms with Gasteiger partial charge in [-0.15, -0.1) is 0 Å². The first-order chi connectivity index (χ1) is 9.45. The molecule has 1 saturated heterocycles. The standard InChI is InChI=1S/C16H24F2N2/c1-11(2)6-14-10-20(12(3)8-19-14)9-13-4-5-15(17)16(18)7-13/h4-5,7,11-12,14,19H,6,8-10H2,1-3H3. The predicted molar refractivity (Wildman–Crippen MR) is 77.5 cm³/mol. The summed E-state index contributed by atoms with van der Waals surface area (Å²) in [7, 11) is 0. The van der Waals surface area contributed by atoms with E-state index in [1.165, 1.54) is 12.1 Å². The zero-order chi connectivity index (χ0) is 14.7. The van der Waals surface area contributed by atoms with Crippen LogP contribution in [0.5, 0.6) is 0 Å². The van der Waals surface area contributed by atoms with Crippen molar-refractivity contribution in [2.45, 2.75) is 45.8 Å². The summed E-state index contributed by atoms with van der Waals surface area (Å²) < 4.78 is 26.2. The van der Waals surface area contributed by atoms with E-state index >= 15 is 0 Å². The first-order valence-electron chi connectivity index (χ1n) is 7.37. The van der Waals surface area contributed by atoms with E-state index in [0.717, 1.165) is 25.1 Å². The van der Waals surface area contributed by atoms with Crippen molar-refractivity contribution in [3.63, 3.8) is 0 Å². The summed E-state index contributed by atoms with van der Waals surface area (Å²) in [6, 6.07) is 5.08. The van der Waals surface area contributed by atoms with Crippen LogP contribution in [0.2, 0.25) is 0 Å². The van der Waals surface area contributed by atoms with Crippen LogP contribution in [0.4, 0.5) is 8.78 Å². The van der Waals surface area contributed by atoms with Gasteiger partial charge in [-0.2, -0.15) is 0 Å². The molecule has 0 saturated carbocycles. The summed E-state index contributed by atoms with van der Waals surface area (Å²) in [5, 5.41) is 3.56. The monoisotopic (exact) mass is 282 g/mol. The maximum atomic E-state index is 13.3. The van der Waals surface area contributed by atoms with Gasteiger partial charge in [0.25, 0.3) is 0 Å². The minimum absolute atomic E-state index is 0.409. The fourth-order valence-corrected chi connectivity index (χ4v) is 2.81. The molecule has 1 N–H and O–H groups in total. The molecule has 1 fully saturated rings. The third-order valence-electron chi connectivity index (χ3n) is 3.91. The highest BCUT2D eigenvalue weighted by molar-refractivity contribution is 5.18. The molecule has 1 aliphatic rings. The van der Waals surface area contributed by atoms with Crippen LogP contribution in [0.1, 0.15) is 32.8 Å². The summed E-state index contributed by atoms with van der Waals surface area (Å²) >= 11 is 0. The molecule has 0 radical (unpaired) electrons. The molecule has 0 bridgehead atoms. The average molecular weight is 282 g/mol. The van der Waals surface area contributed by atoms with E-state index in [1.807, 2.05) is 0 Å². The van der Waals surface area contributed by atoms with E-state index in [9.17, 15) is 8.78 Å². The van der Waals surface area contributed by atoms with Crippen molar-refractivity contribution in [2.75, 3.05) is 13.1 Å². The lowest BCUT2D eigenvalue weighted by molar-refractivity contribution is 0.124. The second-order valence-corrected chi connectivity index (χ2v) is 6.26. The predicted octanol–water partition coefficient (Wildman–Crippen LogP) is 3.17. The van der Waals surface area contributed by atoms with Gasteiger partial charge in [0.1, 0.15) is 0 Å². The Morgan fingerprint density at radius 2 is 2.05 bits per heavy atom. The Morgan fingerprint density at radius 3 is 2.70 bits per heavy atom. The Morgan fingerprint density at radius 1 is 1.30 bits per heavy atom. The molecule has 2 nitrogen and oxygen atoms in total. The highest BCUT2D eigenvalue weighted by Gasteiger charge is 2.25. The molecular formula is C16H24F2N2. The molecule has 2 rings (SSSR count). The van der Waals surface area contributed by atoms with Crippen LogP contribution in [0.3, 0.4) is 0 Å². The molecule has 0 aromatic heterocycles. The lowest BCUT2D eigenvalue weighted by Gasteiger charge is -2.39. The van der Waals surface area contributed by atoms with E-state index in [1.54, 1.807) is 6.07 Å². The molecule has 2 unspecified atom stereocenters. The topological polar surface area (TPSA) is 15.3 Å². The SMILES string of the molecule is CC(C)CC1CN(Cc2ccc(F)c(F)c2)C(C)CN1. The molecule has 1 aromatic rings. The maximum absolute atomic E-state index is 13.3. The van der Waals surface area contributed by atoms with Gasteiger partial charge < -0.3 is 5.32 Å². The summed E-state index contributed by atoms with van der Waals surface area (Å²) in [5.41, 5.74) is 0.834. The van der Waals surface area contributed by atoms with Gasteiger partial charge >= 0.3 is 0 Å². The minimum Gasteiger partial charge on any atom is -0.311 e. The van der Waals surface area contributed by atoms with Gasteiger partial charge in [0.15, 0.2) is 11.6 Å². The van der Waals surface area contributed by atoms with Crippen LogP contribution in [-0.2, 0) is 6.54 Å². The van der Waals surface area contributed by atoms with Gasteiger partial charge in [-0.1, -0.05) is 19.9 Å². The molecule has 0 spiro atoms. The first kappa shape index (κ1) is 15.4. The average Bonchev–Trinajstić information content (AvgIpc) is 2.37. The number of hydrogen-bond donors (Lipinski definition) is 1. The number of piperazine rings is 1. The Kier molecular flexibility index (Phi) is 5.11.